The first-order valence-electron chi connectivity index (χ1n) is 3.54. The third-order valence-electron chi connectivity index (χ3n) is 1.18. The molecule has 0 aromatic rings. The predicted octanol–water partition coefficient (Wildman–Crippen LogP) is 2.18. The maximum atomic E-state index is 8.81. The molecule has 0 N–H and O–H groups in total. The third kappa shape index (κ3) is 8.88. The summed E-state index contributed by atoms with van der Waals surface area (Å²) in [5.74, 6) is 0. The Hall–Kier alpha value is -1.12. The van der Waals surface area contributed by atoms with Crippen molar-refractivity contribution in [3.8, 4) is 0 Å². The van der Waals surface area contributed by atoms with Crippen LogP contribution in [0.2, 0.25) is 0 Å². The molecule has 11 heavy (non-hydrogen) atoms. The first kappa shape index (κ1) is 9.88. The maximum Gasteiger partial charge on any atom is 0.194 e. The second kappa shape index (κ2) is 5.65. The summed E-state index contributed by atoms with van der Waals surface area (Å²) >= 11 is 0. The molecule has 0 fully saturated rings. The molecule has 3 heteroatoms. The monoisotopic (exact) mass is 155 g/mol. The first-order chi connectivity index (χ1) is 5.13. The van der Waals surface area contributed by atoms with Crippen LogP contribution in [0.4, 0.5) is 0 Å². The number of hydrogen-bond donors (Lipinski definition) is 0. The Kier molecular flexibility index (Phi) is 5.07. The molecule has 0 radical (unpaired) electrons. The molecule has 0 unspecified atom stereocenters. The largest absolute Gasteiger partial charge is 0.265 e. The van der Waals surface area contributed by atoms with E-state index >= 15 is 0 Å². The summed E-state index contributed by atoms with van der Waals surface area (Å²) in [7, 11) is 0.889. The zero-order valence-corrected chi connectivity index (χ0v) is 6.91. The summed E-state index contributed by atoms with van der Waals surface area (Å²) in [6.07, 6.45) is 9.12. The van der Waals surface area contributed by atoms with Crippen molar-refractivity contribution in [2.24, 2.45) is 0 Å². The Labute approximate surface area is 66.6 Å². The number of hydrogen-bond acceptors (Lipinski definition) is 2. The summed E-state index contributed by atoms with van der Waals surface area (Å²) in [4.78, 5) is 8.31. The molecule has 62 valence electrons. The molecule has 1 aliphatic rings. The average molecular weight is 155 g/mol. The van der Waals surface area contributed by atoms with Gasteiger partial charge in [-0.15, -0.1) is 0 Å². The summed E-state index contributed by atoms with van der Waals surface area (Å²) < 4.78 is 0. The van der Waals surface area contributed by atoms with Gasteiger partial charge in [-0.2, -0.15) is 0 Å². The number of rotatable bonds is 0. The van der Waals surface area contributed by atoms with Crippen LogP contribution in [0.5, 0.6) is 0 Å². The second-order valence-corrected chi connectivity index (χ2v) is 2.37. The van der Waals surface area contributed by atoms with Crippen LogP contribution in [0.3, 0.4) is 0 Å². The van der Waals surface area contributed by atoms with E-state index in [9.17, 15) is 0 Å². The minimum Gasteiger partial charge on any atom is -0.265 e. The van der Waals surface area contributed by atoms with Crippen LogP contribution in [-0.4, -0.2) is 12.0 Å². The summed E-state index contributed by atoms with van der Waals surface area (Å²) in [5, 5.41) is 8.81. The number of allylic oxidation sites excluding steroid dienone is 4. The minimum absolute atomic E-state index is 0.500. The lowest BCUT2D eigenvalue weighted by atomic mass is 10.1. The summed E-state index contributed by atoms with van der Waals surface area (Å²) in [6.45, 7) is 2.13. The Morgan fingerprint density at radius 1 is 1.55 bits per heavy atom. The van der Waals surface area contributed by atoms with Crippen LogP contribution in [0.15, 0.2) is 23.8 Å². The molecular weight excluding hydrogens is 142 g/mol. The van der Waals surface area contributed by atoms with Gasteiger partial charge in [0.1, 0.15) is 0 Å². The van der Waals surface area contributed by atoms with Crippen molar-refractivity contribution in [3.05, 3.63) is 33.9 Å². The van der Waals surface area contributed by atoms with Gasteiger partial charge in [0.15, 0.2) is 7.05 Å². The zero-order chi connectivity index (χ0) is 8.69. The lowest BCUT2D eigenvalue weighted by Crippen LogP contribution is -1.79. The van der Waals surface area contributed by atoms with Gasteiger partial charge in [0, 0.05) is 4.92 Å². The van der Waals surface area contributed by atoms with Gasteiger partial charge < -0.3 is 0 Å². The minimum atomic E-state index is -0.500. The molecule has 0 atom stereocenters. The van der Waals surface area contributed by atoms with Gasteiger partial charge in [-0.05, 0) is 19.8 Å². The Bertz CT molecular complexity index is 179. The van der Waals surface area contributed by atoms with Crippen molar-refractivity contribution < 1.29 is 4.92 Å². The molecule has 0 bridgehead atoms. The molecule has 0 aliphatic heterocycles. The molecule has 0 aromatic heterocycles. The standard InChI is InChI=1S/C7H10.CH3NO2/c1-7-5-3-2-4-6-7;1-2(3)4/h3,5-6H,2,4H2,1H3;1H3. The highest BCUT2D eigenvalue weighted by atomic mass is 16.6. The van der Waals surface area contributed by atoms with E-state index in [1.807, 2.05) is 0 Å². The fourth-order valence-electron chi connectivity index (χ4n) is 0.744. The van der Waals surface area contributed by atoms with Crippen LogP contribution in [0.1, 0.15) is 19.8 Å². The van der Waals surface area contributed by atoms with Gasteiger partial charge >= 0.3 is 0 Å². The van der Waals surface area contributed by atoms with Gasteiger partial charge in [-0.3, -0.25) is 10.1 Å². The molecule has 0 saturated heterocycles. The van der Waals surface area contributed by atoms with E-state index in [2.05, 4.69) is 25.2 Å². The maximum absolute atomic E-state index is 8.81. The van der Waals surface area contributed by atoms with Crippen molar-refractivity contribution in [2.75, 3.05) is 7.05 Å². The Balaban J connectivity index is 0.000000218. The van der Waals surface area contributed by atoms with Crippen molar-refractivity contribution in [1.82, 2.24) is 0 Å². The van der Waals surface area contributed by atoms with Crippen LogP contribution in [0, 0.1) is 10.1 Å². The molecule has 1 aliphatic carbocycles. The molecule has 1 rings (SSSR count). The quantitative estimate of drug-likeness (QED) is 0.397. The molecule has 0 spiro atoms. The smallest absolute Gasteiger partial charge is 0.194 e. The van der Waals surface area contributed by atoms with E-state index in [0.29, 0.717) is 0 Å². The van der Waals surface area contributed by atoms with Gasteiger partial charge in [-0.1, -0.05) is 23.8 Å². The lowest BCUT2D eigenvalue weighted by Gasteiger charge is -1.96. The fourth-order valence-corrected chi connectivity index (χ4v) is 0.744. The number of nitrogens with zero attached hydrogens (tertiary/aromatic N) is 1. The van der Waals surface area contributed by atoms with Crippen LogP contribution in [0.25, 0.3) is 0 Å². The highest BCUT2D eigenvalue weighted by Crippen LogP contribution is 2.06. The van der Waals surface area contributed by atoms with Gasteiger partial charge in [0.05, 0.1) is 0 Å². The normalized spacial score (nSPS) is 14.5. The Morgan fingerprint density at radius 2 is 2.09 bits per heavy atom. The van der Waals surface area contributed by atoms with Crippen molar-refractivity contribution in [2.45, 2.75) is 19.8 Å². The van der Waals surface area contributed by atoms with E-state index in [0.717, 1.165) is 7.05 Å². The van der Waals surface area contributed by atoms with Gasteiger partial charge in [0.25, 0.3) is 0 Å². The fraction of sp³-hybridized carbons (Fsp3) is 0.500. The van der Waals surface area contributed by atoms with E-state index in [-0.39, 0.29) is 0 Å². The van der Waals surface area contributed by atoms with Crippen molar-refractivity contribution in [3.63, 3.8) is 0 Å². The van der Waals surface area contributed by atoms with Crippen molar-refractivity contribution >= 4 is 0 Å². The van der Waals surface area contributed by atoms with E-state index in [4.69, 9.17) is 10.1 Å². The van der Waals surface area contributed by atoms with Crippen LogP contribution >= 0.6 is 0 Å². The third-order valence-corrected chi connectivity index (χ3v) is 1.18. The molecular formula is C8H13NO2. The highest BCUT2D eigenvalue weighted by Gasteiger charge is 1.86. The van der Waals surface area contributed by atoms with Crippen LogP contribution < -0.4 is 0 Å². The van der Waals surface area contributed by atoms with Gasteiger partial charge in [-0.25, -0.2) is 0 Å². The average Bonchev–Trinajstić information content (AvgIpc) is 1.87. The first-order valence-corrected chi connectivity index (χ1v) is 3.54. The predicted molar refractivity (Wildman–Crippen MR) is 45.0 cm³/mol. The molecule has 0 heterocycles. The summed E-state index contributed by atoms with van der Waals surface area (Å²) in [6, 6.07) is 0. The Morgan fingerprint density at radius 3 is 2.27 bits per heavy atom. The number of nitro groups is 1. The van der Waals surface area contributed by atoms with Crippen molar-refractivity contribution in [1.29, 1.82) is 0 Å². The molecule has 0 aromatic carbocycles. The highest BCUT2D eigenvalue weighted by molar-refractivity contribution is 5.18. The van der Waals surface area contributed by atoms with Gasteiger partial charge in [0.2, 0.25) is 0 Å². The molecule has 0 saturated carbocycles. The zero-order valence-electron chi connectivity index (χ0n) is 6.91. The van der Waals surface area contributed by atoms with E-state index in [1.165, 1.54) is 18.4 Å². The van der Waals surface area contributed by atoms with Crippen LogP contribution in [-0.2, 0) is 0 Å². The second-order valence-electron chi connectivity index (χ2n) is 2.37. The molecule has 0 amide bonds. The topological polar surface area (TPSA) is 43.1 Å². The molecule has 3 nitrogen and oxygen atoms in total. The SMILES string of the molecule is CC1=CCCC=C1.C[N+](=O)[O-]. The van der Waals surface area contributed by atoms with E-state index in [1.54, 1.807) is 0 Å². The summed E-state index contributed by atoms with van der Waals surface area (Å²) in [5.41, 5.74) is 1.41. The van der Waals surface area contributed by atoms with E-state index < -0.39 is 4.92 Å². The lowest BCUT2D eigenvalue weighted by molar-refractivity contribution is -0.445.